The Morgan fingerprint density at radius 2 is 1.89 bits per heavy atom. The van der Waals surface area contributed by atoms with E-state index in [1.807, 2.05) is 49.3 Å². The summed E-state index contributed by atoms with van der Waals surface area (Å²) in [6.07, 6.45) is 5.31. The first-order chi connectivity index (χ1) is 17.5. The fourth-order valence-corrected chi connectivity index (χ4v) is 4.35. The maximum absolute atomic E-state index is 14.5. The molecule has 0 fully saturated rings. The second-order valence-corrected chi connectivity index (χ2v) is 8.95. The number of pyridine rings is 1. The molecule has 0 atom stereocenters. The summed E-state index contributed by atoms with van der Waals surface area (Å²) in [6.45, 7) is 1.23. The minimum Gasteiger partial charge on any atom is -0.492 e. The lowest BCUT2D eigenvalue weighted by molar-refractivity contribution is 0.260. The first kappa shape index (κ1) is 22.0. The predicted octanol–water partition coefficient (Wildman–Crippen LogP) is 5.24. The van der Waals surface area contributed by atoms with Crippen molar-refractivity contribution in [3.8, 4) is 39.5 Å². The van der Waals surface area contributed by atoms with Gasteiger partial charge in [0.2, 0.25) is 0 Å². The van der Waals surface area contributed by atoms with Gasteiger partial charge in [-0.25, -0.2) is 4.39 Å². The van der Waals surface area contributed by atoms with Crippen LogP contribution in [-0.2, 0) is 0 Å². The summed E-state index contributed by atoms with van der Waals surface area (Å²) in [5.41, 5.74) is 6.77. The molecule has 36 heavy (non-hydrogen) atoms. The Morgan fingerprint density at radius 3 is 2.72 bits per heavy atom. The molecule has 0 saturated heterocycles. The van der Waals surface area contributed by atoms with Crippen molar-refractivity contribution in [2.75, 3.05) is 27.2 Å². The minimum absolute atomic E-state index is 0.335. The van der Waals surface area contributed by atoms with Gasteiger partial charge in [0.05, 0.1) is 29.3 Å². The summed E-state index contributed by atoms with van der Waals surface area (Å²) < 4.78 is 20.3. The van der Waals surface area contributed by atoms with Crippen molar-refractivity contribution in [1.29, 1.82) is 0 Å². The molecule has 180 valence electrons. The number of ether oxygens (including phenoxy) is 1. The highest BCUT2D eigenvalue weighted by molar-refractivity contribution is 6.01. The normalized spacial score (nSPS) is 11.7. The summed E-state index contributed by atoms with van der Waals surface area (Å²) in [5.74, 6) is 0.176. The lowest BCUT2D eigenvalue weighted by atomic mass is 10.0. The Hall–Kier alpha value is -4.50. The van der Waals surface area contributed by atoms with E-state index in [0.29, 0.717) is 12.4 Å². The number of aromatic amines is 3. The zero-order valence-corrected chi connectivity index (χ0v) is 19.8. The molecule has 3 N–H and O–H groups in total. The van der Waals surface area contributed by atoms with Crippen molar-refractivity contribution < 1.29 is 9.13 Å². The number of nitrogens with one attached hydrogen (secondary N) is 3. The van der Waals surface area contributed by atoms with Crippen molar-refractivity contribution in [2.45, 2.75) is 0 Å². The summed E-state index contributed by atoms with van der Waals surface area (Å²) in [4.78, 5) is 10.0. The first-order valence-electron chi connectivity index (χ1n) is 11.6. The van der Waals surface area contributed by atoms with E-state index in [4.69, 9.17) is 4.74 Å². The third-order valence-corrected chi connectivity index (χ3v) is 6.15. The molecular formula is C27H24FN7O. The zero-order valence-electron chi connectivity index (χ0n) is 19.8. The monoisotopic (exact) mass is 481 g/mol. The van der Waals surface area contributed by atoms with Gasteiger partial charge in [-0.2, -0.15) is 10.2 Å². The highest BCUT2D eigenvalue weighted by Crippen LogP contribution is 2.36. The average molecular weight is 482 g/mol. The van der Waals surface area contributed by atoms with Crippen molar-refractivity contribution in [1.82, 2.24) is 35.3 Å². The summed E-state index contributed by atoms with van der Waals surface area (Å²) in [6, 6.07) is 14.8. The Kier molecular flexibility index (Phi) is 5.46. The maximum atomic E-state index is 14.5. The quantitative estimate of drug-likeness (QED) is 0.290. The van der Waals surface area contributed by atoms with Crippen LogP contribution in [0.3, 0.4) is 0 Å². The van der Waals surface area contributed by atoms with Gasteiger partial charge in [0, 0.05) is 40.7 Å². The van der Waals surface area contributed by atoms with Crippen LogP contribution in [0, 0.1) is 5.82 Å². The van der Waals surface area contributed by atoms with Crippen LogP contribution in [0.4, 0.5) is 4.39 Å². The van der Waals surface area contributed by atoms with Crippen molar-refractivity contribution in [3.63, 3.8) is 0 Å². The van der Waals surface area contributed by atoms with Crippen LogP contribution in [0.2, 0.25) is 0 Å². The van der Waals surface area contributed by atoms with Crippen molar-refractivity contribution in [3.05, 3.63) is 72.9 Å². The molecule has 0 bridgehead atoms. The fraction of sp³-hybridized carbons (Fsp3) is 0.148. The molecule has 2 aromatic carbocycles. The smallest absolute Gasteiger partial charge is 0.127 e. The number of aromatic nitrogens is 6. The van der Waals surface area contributed by atoms with Crippen LogP contribution in [0.5, 0.6) is 5.75 Å². The molecule has 0 saturated carbocycles. The molecule has 9 heteroatoms. The number of hydrogen-bond acceptors (Lipinski definition) is 5. The van der Waals surface area contributed by atoms with Crippen LogP contribution < -0.4 is 4.74 Å². The molecule has 0 unspecified atom stereocenters. The van der Waals surface area contributed by atoms with E-state index in [9.17, 15) is 4.39 Å². The van der Waals surface area contributed by atoms with Gasteiger partial charge in [-0.1, -0.05) is 12.1 Å². The van der Waals surface area contributed by atoms with E-state index in [-0.39, 0.29) is 5.82 Å². The lowest BCUT2D eigenvalue weighted by Gasteiger charge is -2.12. The third kappa shape index (κ3) is 4.09. The predicted molar refractivity (Wildman–Crippen MR) is 138 cm³/mol. The Labute approximate surface area is 206 Å². The number of H-pyrrole nitrogens is 3. The van der Waals surface area contributed by atoms with Gasteiger partial charge in [-0.3, -0.25) is 15.2 Å². The highest BCUT2D eigenvalue weighted by Gasteiger charge is 2.16. The summed E-state index contributed by atoms with van der Waals surface area (Å²) in [5, 5.41) is 16.4. The Bertz CT molecular complexity index is 1670. The number of likely N-dealkylation sites (N-methyl/N-ethyl adjacent to an activating group) is 1. The molecule has 0 spiro atoms. The second kappa shape index (κ2) is 8.94. The van der Waals surface area contributed by atoms with Crippen LogP contribution in [-0.4, -0.2) is 62.5 Å². The number of nitrogens with zero attached hydrogens (tertiary/aromatic N) is 4. The number of rotatable bonds is 7. The van der Waals surface area contributed by atoms with E-state index in [1.54, 1.807) is 18.6 Å². The minimum atomic E-state index is -0.335. The number of halogens is 1. The van der Waals surface area contributed by atoms with E-state index >= 15 is 0 Å². The third-order valence-electron chi connectivity index (χ3n) is 6.15. The Balaban J connectivity index is 1.41. The van der Waals surface area contributed by atoms with Gasteiger partial charge >= 0.3 is 0 Å². The topological polar surface area (TPSA) is 98.5 Å². The van der Waals surface area contributed by atoms with Gasteiger partial charge in [0.25, 0.3) is 0 Å². The molecule has 8 nitrogen and oxygen atoms in total. The summed E-state index contributed by atoms with van der Waals surface area (Å²) >= 11 is 0. The van der Waals surface area contributed by atoms with Gasteiger partial charge in [0.15, 0.2) is 0 Å². The molecular weight excluding hydrogens is 457 g/mol. The van der Waals surface area contributed by atoms with Crippen LogP contribution in [0.25, 0.3) is 55.6 Å². The molecule has 4 heterocycles. The zero-order chi connectivity index (χ0) is 24.6. The van der Waals surface area contributed by atoms with E-state index in [0.717, 1.165) is 62.1 Å². The van der Waals surface area contributed by atoms with Crippen LogP contribution in [0.1, 0.15) is 0 Å². The van der Waals surface area contributed by atoms with Gasteiger partial charge in [-0.15, -0.1) is 0 Å². The number of hydrogen-bond donors (Lipinski definition) is 3. The first-order valence-corrected chi connectivity index (χ1v) is 11.6. The molecule has 6 rings (SSSR count). The molecule has 0 aliphatic heterocycles. The van der Waals surface area contributed by atoms with Gasteiger partial charge < -0.3 is 14.6 Å². The standard InChI is InChI=1S/C27H24FN7O/c1-35(2)6-7-36-19-9-16(8-18(28)10-19)20-4-3-5-23-21(20)11-25(32-23)27-22-12-24(17-13-30-31-14-17)29-15-26(22)33-34-27/h3-5,8-15,32H,6-7H2,1-2H3,(H,30,31)(H,33,34). The van der Waals surface area contributed by atoms with E-state index in [2.05, 4.69) is 36.4 Å². The second-order valence-electron chi connectivity index (χ2n) is 8.95. The molecule has 0 amide bonds. The average Bonchev–Trinajstić information content (AvgIpc) is 3.62. The largest absolute Gasteiger partial charge is 0.492 e. The Morgan fingerprint density at radius 1 is 0.972 bits per heavy atom. The van der Waals surface area contributed by atoms with Crippen LogP contribution in [0.15, 0.2) is 67.1 Å². The van der Waals surface area contributed by atoms with E-state index in [1.165, 1.54) is 12.1 Å². The molecule has 0 aliphatic rings. The summed E-state index contributed by atoms with van der Waals surface area (Å²) in [7, 11) is 3.95. The number of fused-ring (bicyclic) bond motifs is 2. The molecule has 4 aromatic heterocycles. The maximum Gasteiger partial charge on any atom is 0.127 e. The lowest BCUT2D eigenvalue weighted by Crippen LogP contribution is -2.19. The molecule has 6 aromatic rings. The van der Waals surface area contributed by atoms with Gasteiger partial charge in [-0.05, 0) is 55.6 Å². The number of benzene rings is 2. The van der Waals surface area contributed by atoms with Gasteiger partial charge in [0.1, 0.15) is 23.9 Å². The highest BCUT2D eigenvalue weighted by atomic mass is 19.1. The fourth-order valence-electron chi connectivity index (χ4n) is 4.35. The van der Waals surface area contributed by atoms with Crippen molar-refractivity contribution in [2.24, 2.45) is 0 Å². The molecule has 0 radical (unpaired) electrons. The van der Waals surface area contributed by atoms with Crippen molar-refractivity contribution >= 4 is 21.8 Å². The molecule has 0 aliphatic carbocycles. The van der Waals surface area contributed by atoms with E-state index < -0.39 is 0 Å². The van der Waals surface area contributed by atoms with Crippen LogP contribution >= 0.6 is 0 Å². The SMILES string of the molecule is CN(C)CCOc1cc(F)cc(-c2cccc3[nH]c(-c4n[nH]c5cnc(-c6cn[nH]c6)cc45)cc23)c1.